The van der Waals surface area contributed by atoms with Gasteiger partial charge in [-0.25, -0.2) is 0 Å². The summed E-state index contributed by atoms with van der Waals surface area (Å²) in [6, 6.07) is 16.2. The van der Waals surface area contributed by atoms with Crippen molar-refractivity contribution < 1.29 is 5.11 Å². The van der Waals surface area contributed by atoms with Crippen molar-refractivity contribution in [3.8, 4) is 0 Å². The van der Waals surface area contributed by atoms with Gasteiger partial charge in [-0.1, -0.05) is 48.6 Å². The number of hydrogen-bond donors (Lipinski definition) is 2. The first-order chi connectivity index (χ1) is 13.8. The third-order valence-corrected chi connectivity index (χ3v) is 6.66. The topological polar surface area (TPSA) is 35.5 Å². The second-order valence-electron chi connectivity index (χ2n) is 8.28. The van der Waals surface area contributed by atoms with Gasteiger partial charge in [0.05, 0.1) is 0 Å². The number of piperidine rings is 1. The predicted molar refractivity (Wildman–Crippen MR) is 117 cm³/mol. The van der Waals surface area contributed by atoms with Crippen LogP contribution in [0.15, 0.2) is 66.4 Å². The van der Waals surface area contributed by atoms with Crippen LogP contribution in [0.5, 0.6) is 0 Å². The lowest BCUT2D eigenvalue weighted by Crippen LogP contribution is -2.36. The van der Waals surface area contributed by atoms with E-state index in [0.717, 1.165) is 13.7 Å². The van der Waals surface area contributed by atoms with Crippen molar-refractivity contribution in [3.63, 3.8) is 0 Å². The van der Waals surface area contributed by atoms with E-state index < -0.39 is 0 Å². The number of hydrogen-bond acceptors (Lipinski definition) is 3. The summed E-state index contributed by atoms with van der Waals surface area (Å²) in [5, 5.41) is 13.5. The minimum absolute atomic E-state index is 0.576. The maximum Gasteiger partial charge on any atom is 0.0322 e. The summed E-state index contributed by atoms with van der Waals surface area (Å²) >= 11 is 0. The molecule has 0 aromatic heterocycles. The van der Waals surface area contributed by atoms with Gasteiger partial charge in [0.1, 0.15) is 0 Å². The Morgan fingerprint density at radius 2 is 1.82 bits per heavy atom. The number of aliphatic hydroxyl groups is 1. The molecule has 1 saturated carbocycles. The number of nitrogens with zero attached hydrogens (tertiary/aromatic N) is 1. The molecule has 3 nitrogen and oxygen atoms in total. The number of likely N-dealkylation sites (tertiary alicyclic amines) is 1. The molecule has 3 heteroatoms. The van der Waals surface area contributed by atoms with Gasteiger partial charge in [-0.3, -0.25) is 0 Å². The van der Waals surface area contributed by atoms with E-state index in [2.05, 4.69) is 70.9 Å². The first-order valence-corrected chi connectivity index (χ1v) is 10.6. The number of aliphatic hydroxyl groups excluding tert-OH is 1. The van der Waals surface area contributed by atoms with E-state index >= 15 is 0 Å². The summed E-state index contributed by atoms with van der Waals surface area (Å²) in [6.07, 6.45) is 13.5. The van der Waals surface area contributed by atoms with E-state index in [1.54, 1.807) is 0 Å². The van der Waals surface area contributed by atoms with Gasteiger partial charge in [0.2, 0.25) is 0 Å². The molecule has 1 spiro atoms. The van der Waals surface area contributed by atoms with Crippen molar-refractivity contribution in [2.45, 2.75) is 44.7 Å². The molecule has 0 bridgehead atoms. The zero-order valence-corrected chi connectivity index (χ0v) is 16.9. The van der Waals surface area contributed by atoms with Crippen LogP contribution in [0.1, 0.15) is 37.7 Å². The van der Waals surface area contributed by atoms with Gasteiger partial charge in [-0.2, -0.15) is 0 Å². The zero-order valence-electron chi connectivity index (χ0n) is 16.9. The van der Waals surface area contributed by atoms with E-state index in [0.29, 0.717) is 11.5 Å². The molecule has 2 aliphatic carbocycles. The highest BCUT2D eigenvalue weighted by Gasteiger charge is 2.54. The summed E-state index contributed by atoms with van der Waals surface area (Å²) in [4.78, 5) is 2.60. The van der Waals surface area contributed by atoms with Crippen molar-refractivity contribution in [1.82, 2.24) is 10.2 Å². The summed E-state index contributed by atoms with van der Waals surface area (Å²) in [5.41, 5.74) is 3.44. The molecule has 2 aromatic rings. The van der Waals surface area contributed by atoms with Gasteiger partial charge >= 0.3 is 0 Å². The minimum Gasteiger partial charge on any atom is -0.400 e. The van der Waals surface area contributed by atoms with E-state index in [4.69, 9.17) is 5.11 Å². The van der Waals surface area contributed by atoms with E-state index in [-0.39, 0.29) is 0 Å². The minimum atomic E-state index is 0.576. The Kier molecular flexibility index (Phi) is 5.84. The van der Waals surface area contributed by atoms with Gasteiger partial charge < -0.3 is 15.3 Å². The Bertz CT molecular complexity index is 862. The maximum atomic E-state index is 7.00. The smallest absolute Gasteiger partial charge is 0.0322 e. The third-order valence-electron chi connectivity index (χ3n) is 6.66. The second-order valence-corrected chi connectivity index (χ2v) is 8.28. The molecule has 28 heavy (non-hydrogen) atoms. The molecular weight excluding hydrogens is 344 g/mol. The lowest BCUT2D eigenvalue weighted by molar-refractivity contribution is 0.206. The van der Waals surface area contributed by atoms with Crippen LogP contribution in [0, 0.1) is 5.41 Å². The number of nitrogens with one attached hydrogen (secondary N) is 1. The number of allylic oxidation sites excluding steroid dienone is 3. The Morgan fingerprint density at radius 3 is 2.57 bits per heavy atom. The van der Waals surface area contributed by atoms with Gasteiger partial charge in [-0.05, 0) is 66.0 Å². The van der Waals surface area contributed by atoms with Crippen molar-refractivity contribution in [2.24, 2.45) is 5.41 Å². The molecule has 5 rings (SSSR count). The SMILES string of the molecule is C1=CC(N2CCC3(CC2)CC3NCc2ccc3ccccc3c2)=CCC1.CO. The number of rotatable bonds is 4. The number of benzene rings is 2. The van der Waals surface area contributed by atoms with Crippen LogP contribution in [0.25, 0.3) is 10.8 Å². The molecule has 3 aliphatic rings. The molecule has 1 heterocycles. The van der Waals surface area contributed by atoms with E-state index in [1.165, 1.54) is 67.2 Å². The standard InChI is InChI=1S/C24H28N2.CH4O/c1-2-8-22(9-3-1)26-14-12-24(13-15-26)17-23(24)25-18-19-10-11-20-6-4-5-7-21(20)16-19;1-2/h2,4-11,16,23,25H,1,3,12-15,17-18H2;2H,1H3. The monoisotopic (exact) mass is 376 g/mol. The molecule has 148 valence electrons. The van der Waals surface area contributed by atoms with Crippen LogP contribution in [0.2, 0.25) is 0 Å². The molecule has 2 N–H and O–H groups in total. The van der Waals surface area contributed by atoms with Crippen molar-refractivity contribution in [1.29, 1.82) is 0 Å². The lowest BCUT2D eigenvalue weighted by atomic mass is 9.91. The van der Waals surface area contributed by atoms with Crippen LogP contribution in [0.4, 0.5) is 0 Å². The highest BCUT2D eigenvalue weighted by Crippen LogP contribution is 2.54. The predicted octanol–water partition coefficient (Wildman–Crippen LogP) is 4.63. The quantitative estimate of drug-likeness (QED) is 0.817. The average molecular weight is 377 g/mol. The molecule has 2 aromatic carbocycles. The molecule has 1 unspecified atom stereocenters. The Morgan fingerprint density at radius 1 is 1.04 bits per heavy atom. The largest absolute Gasteiger partial charge is 0.400 e. The maximum absolute atomic E-state index is 7.00. The fraction of sp³-hybridized carbons (Fsp3) is 0.440. The Hall–Kier alpha value is -2.10. The summed E-state index contributed by atoms with van der Waals surface area (Å²) in [6.45, 7) is 3.45. The fourth-order valence-electron chi connectivity index (χ4n) is 4.82. The van der Waals surface area contributed by atoms with Crippen molar-refractivity contribution in [2.75, 3.05) is 20.2 Å². The Labute approximate surface area is 168 Å². The van der Waals surface area contributed by atoms with Crippen molar-refractivity contribution in [3.05, 3.63) is 72.0 Å². The summed E-state index contributed by atoms with van der Waals surface area (Å²) in [5.74, 6) is 0. The van der Waals surface area contributed by atoms with Crippen LogP contribution < -0.4 is 5.32 Å². The van der Waals surface area contributed by atoms with E-state index in [1.807, 2.05) is 0 Å². The molecule has 0 amide bonds. The van der Waals surface area contributed by atoms with Gasteiger partial charge in [0, 0.05) is 38.5 Å². The van der Waals surface area contributed by atoms with Gasteiger partial charge in [0.25, 0.3) is 0 Å². The Balaban J connectivity index is 0.000000932. The van der Waals surface area contributed by atoms with Crippen LogP contribution >= 0.6 is 0 Å². The van der Waals surface area contributed by atoms with Crippen molar-refractivity contribution >= 4 is 10.8 Å². The van der Waals surface area contributed by atoms with Gasteiger partial charge in [0.15, 0.2) is 0 Å². The highest BCUT2D eigenvalue weighted by molar-refractivity contribution is 5.82. The lowest BCUT2D eigenvalue weighted by Gasteiger charge is -2.36. The fourth-order valence-corrected chi connectivity index (χ4v) is 4.82. The molecule has 1 saturated heterocycles. The summed E-state index contributed by atoms with van der Waals surface area (Å²) < 4.78 is 0. The van der Waals surface area contributed by atoms with E-state index in [9.17, 15) is 0 Å². The molecule has 2 fully saturated rings. The molecule has 1 atom stereocenters. The summed E-state index contributed by atoms with van der Waals surface area (Å²) in [7, 11) is 1.00. The first kappa shape index (κ1) is 19.2. The average Bonchev–Trinajstić information content (AvgIpc) is 3.46. The van der Waals surface area contributed by atoms with Crippen LogP contribution in [0.3, 0.4) is 0 Å². The molecule has 0 radical (unpaired) electrons. The second kappa shape index (κ2) is 8.50. The molecular formula is C25H32N2O. The van der Waals surface area contributed by atoms with Gasteiger partial charge in [-0.15, -0.1) is 0 Å². The first-order valence-electron chi connectivity index (χ1n) is 10.6. The highest BCUT2D eigenvalue weighted by atomic mass is 16.2. The normalized spacial score (nSPS) is 22.6. The zero-order chi connectivity index (χ0) is 19.4. The molecule has 1 aliphatic heterocycles. The number of fused-ring (bicyclic) bond motifs is 1. The third kappa shape index (κ3) is 4.01. The van der Waals surface area contributed by atoms with Crippen LogP contribution in [-0.4, -0.2) is 36.2 Å². The van der Waals surface area contributed by atoms with Crippen LogP contribution in [-0.2, 0) is 6.54 Å².